The van der Waals surface area contributed by atoms with Gasteiger partial charge in [-0.1, -0.05) is 42.5 Å². The van der Waals surface area contributed by atoms with Gasteiger partial charge in [0.05, 0.1) is 11.4 Å². The minimum absolute atomic E-state index is 0.101. The molecule has 0 aliphatic carbocycles. The van der Waals surface area contributed by atoms with Crippen molar-refractivity contribution in [3.8, 4) is 0 Å². The average Bonchev–Trinajstić information content (AvgIpc) is 3.35. The van der Waals surface area contributed by atoms with Crippen LogP contribution in [0.4, 0.5) is 11.4 Å². The Morgan fingerprint density at radius 3 is 1.97 bits per heavy atom. The third-order valence-electron chi connectivity index (χ3n) is 5.16. The highest BCUT2D eigenvalue weighted by atomic mass is 32.2. The number of sulfonamides is 1. The molecular formula is C22H23N3O3S2. The van der Waals surface area contributed by atoms with Gasteiger partial charge in [0.25, 0.3) is 10.0 Å². The van der Waals surface area contributed by atoms with E-state index in [-0.39, 0.29) is 11.8 Å². The summed E-state index contributed by atoms with van der Waals surface area (Å²) in [4.78, 5) is 13.0. The van der Waals surface area contributed by atoms with E-state index in [1.807, 2.05) is 60.7 Å². The Bertz CT molecular complexity index is 1020. The van der Waals surface area contributed by atoms with Crippen molar-refractivity contribution in [2.24, 2.45) is 5.92 Å². The monoisotopic (exact) mass is 441 g/mol. The number of nitrogens with one attached hydrogen (secondary N) is 1. The molecule has 1 aliphatic rings. The fraction of sp³-hybridized carbons (Fsp3) is 0.227. The van der Waals surface area contributed by atoms with Crippen LogP contribution in [0, 0.1) is 5.92 Å². The third kappa shape index (κ3) is 4.40. The molecule has 0 radical (unpaired) electrons. The molecule has 2 heterocycles. The van der Waals surface area contributed by atoms with Crippen LogP contribution in [0.5, 0.6) is 0 Å². The van der Waals surface area contributed by atoms with Crippen LogP contribution < -0.4 is 10.4 Å². The van der Waals surface area contributed by atoms with Crippen LogP contribution in [0.25, 0.3) is 0 Å². The highest BCUT2D eigenvalue weighted by Gasteiger charge is 2.33. The molecule has 1 N–H and O–H groups in total. The summed E-state index contributed by atoms with van der Waals surface area (Å²) in [6.45, 7) is 0.685. The highest BCUT2D eigenvalue weighted by molar-refractivity contribution is 7.91. The van der Waals surface area contributed by atoms with Crippen LogP contribution in [-0.4, -0.2) is 31.7 Å². The van der Waals surface area contributed by atoms with Gasteiger partial charge < -0.3 is 0 Å². The molecule has 4 rings (SSSR count). The van der Waals surface area contributed by atoms with Gasteiger partial charge in [-0.25, -0.2) is 8.42 Å². The summed E-state index contributed by atoms with van der Waals surface area (Å²) in [5.74, 6) is -0.342. The molecule has 0 bridgehead atoms. The molecule has 0 unspecified atom stereocenters. The SMILES string of the molecule is O=C(NN(c1ccccc1)c1ccccc1)C1CCN(S(=O)(=O)c2cccs2)CC1. The van der Waals surface area contributed by atoms with Crippen LogP contribution in [0.15, 0.2) is 82.4 Å². The molecule has 0 saturated carbocycles. The second-order valence-corrected chi connectivity index (χ2v) is 10.2. The number of carbonyl (C=O) groups excluding carboxylic acids is 1. The fourth-order valence-electron chi connectivity index (χ4n) is 3.53. The van der Waals surface area contributed by atoms with E-state index in [1.165, 1.54) is 15.6 Å². The van der Waals surface area contributed by atoms with E-state index in [9.17, 15) is 13.2 Å². The predicted molar refractivity (Wildman–Crippen MR) is 119 cm³/mol. The van der Waals surface area contributed by atoms with Crippen molar-refractivity contribution < 1.29 is 13.2 Å². The quantitative estimate of drug-likeness (QED) is 0.587. The molecule has 1 fully saturated rings. The number of hydrazine groups is 1. The Kier molecular flexibility index (Phi) is 6.17. The largest absolute Gasteiger partial charge is 0.273 e. The Morgan fingerprint density at radius 2 is 1.47 bits per heavy atom. The van der Waals surface area contributed by atoms with Gasteiger partial charge in [0, 0.05) is 19.0 Å². The first-order chi connectivity index (χ1) is 14.6. The molecule has 1 aliphatic heterocycles. The molecule has 0 atom stereocenters. The van der Waals surface area contributed by atoms with Crippen LogP contribution in [0.3, 0.4) is 0 Å². The Labute approximate surface area is 180 Å². The minimum Gasteiger partial charge on any atom is -0.273 e. The van der Waals surface area contributed by atoms with Gasteiger partial charge in [-0.2, -0.15) is 4.31 Å². The maximum Gasteiger partial charge on any atom is 0.252 e. The molecule has 1 saturated heterocycles. The zero-order valence-corrected chi connectivity index (χ0v) is 18.0. The number of nitrogens with zero attached hydrogens (tertiary/aromatic N) is 2. The lowest BCUT2D eigenvalue weighted by Gasteiger charge is -2.32. The Morgan fingerprint density at radius 1 is 0.900 bits per heavy atom. The van der Waals surface area contributed by atoms with Crippen LogP contribution in [-0.2, 0) is 14.8 Å². The number of amides is 1. The second kappa shape index (κ2) is 8.99. The summed E-state index contributed by atoms with van der Waals surface area (Å²) < 4.78 is 27.2. The average molecular weight is 442 g/mol. The van der Waals surface area contributed by atoms with E-state index in [2.05, 4.69) is 5.43 Å². The zero-order valence-electron chi connectivity index (χ0n) is 16.3. The molecule has 3 aromatic rings. The number of para-hydroxylation sites is 2. The van der Waals surface area contributed by atoms with E-state index < -0.39 is 10.0 Å². The molecule has 0 spiro atoms. The van der Waals surface area contributed by atoms with Gasteiger partial charge in [0.2, 0.25) is 5.91 Å². The zero-order chi connectivity index (χ0) is 21.0. The van der Waals surface area contributed by atoms with Crippen molar-refractivity contribution in [3.05, 3.63) is 78.2 Å². The number of hydrogen-bond donors (Lipinski definition) is 1. The number of hydrogen-bond acceptors (Lipinski definition) is 5. The van der Waals surface area contributed by atoms with Crippen LogP contribution >= 0.6 is 11.3 Å². The standard InChI is InChI=1S/C22H23N3O3S2/c26-22(18-13-15-24(16-14-18)30(27,28)21-12-7-17-29-21)23-25(19-8-3-1-4-9-19)20-10-5-2-6-11-20/h1-12,17-18H,13-16H2,(H,23,26). The minimum atomic E-state index is -3.47. The summed E-state index contributed by atoms with van der Waals surface area (Å²) in [6, 6.07) is 22.6. The number of thiophene rings is 1. The van der Waals surface area contributed by atoms with Gasteiger partial charge in [0.1, 0.15) is 4.21 Å². The van der Waals surface area contributed by atoms with Crippen LogP contribution in [0.1, 0.15) is 12.8 Å². The van der Waals surface area contributed by atoms with E-state index in [1.54, 1.807) is 22.5 Å². The summed E-state index contributed by atoms with van der Waals surface area (Å²) in [5, 5.41) is 3.53. The summed E-state index contributed by atoms with van der Waals surface area (Å²) in [5.41, 5.74) is 4.74. The van der Waals surface area contributed by atoms with Gasteiger partial charge in [0.15, 0.2) is 0 Å². The maximum atomic E-state index is 13.0. The first kappa shape index (κ1) is 20.6. The van der Waals surface area contributed by atoms with Gasteiger partial charge >= 0.3 is 0 Å². The number of carbonyl (C=O) groups is 1. The third-order valence-corrected chi connectivity index (χ3v) is 8.44. The lowest BCUT2D eigenvalue weighted by molar-refractivity contribution is -0.126. The molecular weight excluding hydrogens is 418 g/mol. The van der Waals surface area contributed by atoms with Crippen molar-refractivity contribution in [3.63, 3.8) is 0 Å². The maximum absolute atomic E-state index is 13.0. The smallest absolute Gasteiger partial charge is 0.252 e. The first-order valence-electron chi connectivity index (χ1n) is 9.80. The molecule has 30 heavy (non-hydrogen) atoms. The van der Waals surface area contributed by atoms with Crippen LogP contribution in [0.2, 0.25) is 0 Å². The number of piperidine rings is 1. The summed E-state index contributed by atoms with van der Waals surface area (Å²) in [7, 11) is -3.47. The normalized spacial score (nSPS) is 15.6. The Balaban J connectivity index is 1.44. The summed E-state index contributed by atoms with van der Waals surface area (Å²) >= 11 is 1.22. The fourth-order valence-corrected chi connectivity index (χ4v) is 6.14. The van der Waals surface area contributed by atoms with E-state index >= 15 is 0 Å². The molecule has 6 nitrogen and oxygen atoms in total. The van der Waals surface area contributed by atoms with E-state index in [0.29, 0.717) is 30.1 Å². The summed E-state index contributed by atoms with van der Waals surface area (Å²) in [6.07, 6.45) is 0.988. The van der Waals surface area contributed by atoms with Gasteiger partial charge in [-0.05, 0) is 48.6 Å². The molecule has 156 valence electrons. The molecule has 1 amide bonds. The van der Waals surface area contributed by atoms with Crippen molar-refractivity contribution in [1.82, 2.24) is 9.73 Å². The highest BCUT2D eigenvalue weighted by Crippen LogP contribution is 2.28. The molecule has 2 aromatic carbocycles. The van der Waals surface area contributed by atoms with Crippen molar-refractivity contribution in [2.45, 2.75) is 17.1 Å². The number of benzene rings is 2. The number of rotatable bonds is 6. The van der Waals surface area contributed by atoms with Crippen molar-refractivity contribution in [1.29, 1.82) is 0 Å². The van der Waals surface area contributed by atoms with Crippen molar-refractivity contribution >= 4 is 38.6 Å². The van der Waals surface area contributed by atoms with Crippen molar-refractivity contribution in [2.75, 3.05) is 18.1 Å². The lowest BCUT2D eigenvalue weighted by atomic mass is 9.97. The number of anilines is 2. The molecule has 8 heteroatoms. The van der Waals surface area contributed by atoms with E-state index in [4.69, 9.17) is 0 Å². The van der Waals surface area contributed by atoms with Gasteiger partial charge in [-0.3, -0.25) is 15.2 Å². The first-order valence-corrected chi connectivity index (χ1v) is 12.1. The Hall–Kier alpha value is -2.68. The topological polar surface area (TPSA) is 69.7 Å². The molecule has 1 aromatic heterocycles. The predicted octanol–water partition coefficient (Wildman–Crippen LogP) is 4.02. The van der Waals surface area contributed by atoms with Gasteiger partial charge in [-0.15, -0.1) is 11.3 Å². The van der Waals surface area contributed by atoms with E-state index in [0.717, 1.165) is 11.4 Å². The second-order valence-electron chi connectivity index (χ2n) is 7.09. The lowest BCUT2D eigenvalue weighted by Crippen LogP contribution is -2.47.